The Hall–Kier alpha value is -2.00. The molecular weight excluding hydrogens is 356 g/mol. The van der Waals surface area contributed by atoms with Crippen LogP contribution in [-0.2, 0) is 14.4 Å². The second kappa shape index (κ2) is 9.09. The van der Waals surface area contributed by atoms with Crippen LogP contribution in [-0.4, -0.2) is 58.5 Å². The highest BCUT2D eigenvalue weighted by atomic mass is 32.1. The van der Waals surface area contributed by atoms with Crippen LogP contribution in [0.15, 0.2) is 0 Å². The minimum absolute atomic E-state index is 0.156. The van der Waals surface area contributed by atoms with Crippen molar-refractivity contribution in [1.29, 1.82) is 0 Å². The quantitative estimate of drug-likeness (QED) is 0.657. The van der Waals surface area contributed by atoms with Gasteiger partial charge in [-0.15, -0.1) is 11.3 Å². The molecule has 1 aromatic rings. The van der Waals surface area contributed by atoms with Gasteiger partial charge in [-0.05, 0) is 39.7 Å². The molecule has 0 spiro atoms. The van der Waals surface area contributed by atoms with Gasteiger partial charge in [0.2, 0.25) is 11.8 Å². The Morgan fingerprint density at radius 1 is 1.38 bits per heavy atom. The topological polar surface area (TPSA) is 112 Å². The number of carboxylic acid groups (broad SMARTS) is 1. The van der Waals surface area contributed by atoms with Crippen molar-refractivity contribution in [3.8, 4) is 0 Å². The highest BCUT2D eigenvalue weighted by Crippen LogP contribution is 2.21. The van der Waals surface area contributed by atoms with Gasteiger partial charge in [-0.2, -0.15) is 0 Å². The smallest absolute Gasteiger partial charge is 0.326 e. The summed E-state index contributed by atoms with van der Waals surface area (Å²) < 4.78 is 0. The fourth-order valence-electron chi connectivity index (χ4n) is 2.93. The summed E-state index contributed by atoms with van der Waals surface area (Å²) in [6.07, 6.45) is 1.84. The number of carboxylic acids is 1. The number of carbonyl (C=O) groups excluding carboxylic acids is 2. The van der Waals surface area contributed by atoms with Crippen LogP contribution in [0.1, 0.15) is 36.8 Å². The van der Waals surface area contributed by atoms with Crippen molar-refractivity contribution >= 4 is 34.3 Å². The van der Waals surface area contributed by atoms with Gasteiger partial charge in [0.05, 0.1) is 18.2 Å². The average molecular weight is 382 g/mol. The molecule has 144 valence electrons. The fourth-order valence-corrected chi connectivity index (χ4v) is 3.76. The molecule has 1 aliphatic rings. The largest absolute Gasteiger partial charge is 0.480 e. The van der Waals surface area contributed by atoms with E-state index in [4.69, 9.17) is 5.11 Å². The number of likely N-dealkylation sites (tertiary alicyclic amines) is 1. The van der Waals surface area contributed by atoms with Crippen molar-refractivity contribution in [3.63, 3.8) is 0 Å². The number of hydrogen-bond donors (Lipinski definition) is 3. The Morgan fingerprint density at radius 2 is 2.12 bits per heavy atom. The standard InChI is InChI=1S/C17H26N4O4S/c1-4-13(16(24)25)19-15(23)12-6-5-7-21(8-12)9-14(22)20-17-18-10(2)11(3)26-17/h12-13H,4-9H2,1-3H3,(H,19,23)(H,24,25)(H,18,20,22). The molecule has 0 bridgehead atoms. The molecule has 2 atom stereocenters. The predicted molar refractivity (Wildman–Crippen MR) is 99.2 cm³/mol. The molecule has 1 saturated heterocycles. The minimum Gasteiger partial charge on any atom is -0.480 e. The lowest BCUT2D eigenvalue weighted by molar-refractivity contribution is -0.142. The lowest BCUT2D eigenvalue weighted by Gasteiger charge is -2.31. The normalized spacial score (nSPS) is 19.0. The van der Waals surface area contributed by atoms with Crippen molar-refractivity contribution in [2.45, 2.75) is 46.1 Å². The monoisotopic (exact) mass is 382 g/mol. The molecule has 1 aliphatic heterocycles. The van der Waals surface area contributed by atoms with Crippen LogP contribution in [0.3, 0.4) is 0 Å². The third-order valence-corrected chi connectivity index (χ3v) is 5.53. The van der Waals surface area contributed by atoms with Gasteiger partial charge in [-0.25, -0.2) is 9.78 Å². The molecule has 0 saturated carbocycles. The van der Waals surface area contributed by atoms with Gasteiger partial charge in [0, 0.05) is 11.4 Å². The maximum atomic E-state index is 12.3. The SMILES string of the molecule is CCC(NC(=O)C1CCCN(CC(=O)Nc2nc(C)c(C)s2)C1)C(=O)O. The van der Waals surface area contributed by atoms with Crippen molar-refractivity contribution in [3.05, 3.63) is 10.6 Å². The summed E-state index contributed by atoms with van der Waals surface area (Å²) >= 11 is 1.44. The fraction of sp³-hybridized carbons (Fsp3) is 0.647. The van der Waals surface area contributed by atoms with E-state index in [2.05, 4.69) is 15.6 Å². The molecule has 0 aliphatic carbocycles. The van der Waals surface area contributed by atoms with Crippen molar-refractivity contribution in [2.24, 2.45) is 5.92 Å². The highest BCUT2D eigenvalue weighted by molar-refractivity contribution is 7.15. The summed E-state index contributed by atoms with van der Waals surface area (Å²) in [6, 6.07) is -0.863. The van der Waals surface area contributed by atoms with Crippen LogP contribution in [0.4, 0.5) is 5.13 Å². The molecule has 1 aromatic heterocycles. The predicted octanol–water partition coefficient (Wildman–Crippen LogP) is 1.39. The number of aromatic nitrogens is 1. The number of piperidine rings is 1. The number of amides is 2. The molecule has 2 unspecified atom stereocenters. The van der Waals surface area contributed by atoms with Crippen LogP contribution in [0.5, 0.6) is 0 Å². The van der Waals surface area contributed by atoms with E-state index in [0.717, 1.165) is 23.5 Å². The molecular formula is C17H26N4O4S. The zero-order chi connectivity index (χ0) is 19.3. The van der Waals surface area contributed by atoms with E-state index < -0.39 is 12.0 Å². The zero-order valence-electron chi connectivity index (χ0n) is 15.4. The Morgan fingerprint density at radius 3 is 2.69 bits per heavy atom. The molecule has 2 amide bonds. The zero-order valence-corrected chi connectivity index (χ0v) is 16.2. The van der Waals surface area contributed by atoms with Gasteiger partial charge < -0.3 is 15.7 Å². The van der Waals surface area contributed by atoms with Crippen LogP contribution >= 0.6 is 11.3 Å². The number of thiazole rings is 1. The molecule has 0 radical (unpaired) electrons. The van der Waals surface area contributed by atoms with Gasteiger partial charge in [-0.1, -0.05) is 6.92 Å². The maximum absolute atomic E-state index is 12.3. The van der Waals surface area contributed by atoms with Crippen molar-refractivity contribution in [1.82, 2.24) is 15.2 Å². The Kier molecular flexibility index (Phi) is 7.10. The Labute approximate surface area is 157 Å². The molecule has 1 fully saturated rings. The number of nitrogens with zero attached hydrogens (tertiary/aromatic N) is 2. The molecule has 2 rings (SSSR count). The average Bonchev–Trinajstić information content (AvgIpc) is 2.89. The third kappa shape index (κ3) is 5.50. The number of hydrogen-bond acceptors (Lipinski definition) is 6. The van der Waals surface area contributed by atoms with Gasteiger partial charge >= 0.3 is 5.97 Å². The molecule has 9 heteroatoms. The summed E-state index contributed by atoms with van der Waals surface area (Å²) in [5.74, 6) is -1.73. The van der Waals surface area contributed by atoms with Gasteiger partial charge in [0.1, 0.15) is 6.04 Å². The lowest BCUT2D eigenvalue weighted by Crippen LogP contribution is -2.49. The second-order valence-electron chi connectivity index (χ2n) is 6.59. The summed E-state index contributed by atoms with van der Waals surface area (Å²) in [6.45, 7) is 6.96. The van der Waals surface area contributed by atoms with Crippen LogP contribution in [0.25, 0.3) is 0 Å². The first-order valence-corrected chi connectivity index (χ1v) is 9.61. The first-order valence-electron chi connectivity index (χ1n) is 8.79. The molecule has 8 nitrogen and oxygen atoms in total. The van der Waals surface area contributed by atoms with E-state index in [1.807, 2.05) is 18.7 Å². The lowest BCUT2D eigenvalue weighted by atomic mass is 9.96. The minimum atomic E-state index is -1.03. The third-order valence-electron chi connectivity index (χ3n) is 4.54. The van der Waals surface area contributed by atoms with E-state index >= 15 is 0 Å². The Balaban J connectivity index is 1.86. The van der Waals surface area contributed by atoms with E-state index in [-0.39, 0.29) is 24.3 Å². The van der Waals surface area contributed by atoms with Crippen molar-refractivity contribution in [2.75, 3.05) is 25.0 Å². The summed E-state index contributed by atoms with van der Waals surface area (Å²) in [5.41, 5.74) is 0.906. The van der Waals surface area contributed by atoms with Gasteiger partial charge in [-0.3, -0.25) is 14.5 Å². The van der Waals surface area contributed by atoms with Crippen LogP contribution < -0.4 is 10.6 Å². The highest BCUT2D eigenvalue weighted by Gasteiger charge is 2.29. The van der Waals surface area contributed by atoms with Crippen molar-refractivity contribution < 1.29 is 19.5 Å². The number of nitrogens with one attached hydrogen (secondary N) is 2. The maximum Gasteiger partial charge on any atom is 0.326 e. The van der Waals surface area contributed by atoms with E-state index in [1.165, 1.54) is 11.3 Å². The molecule has 2 heterocycles. The van der Waals surface area contributed by atoms with E-state index in [9.17, 15) is 14.4 Å². The van der Waals surface area contributed by atoms with E-state index in [0.29, 0.717) is 24.5 Å². The Bertz CT molecular complexity index is 656. The number of carbonyl (C=O) groups is 3. The van der Waals surface area contributed by atoms with Crippen LogP contribution in [0.2, 0.25) is 0 Å². The molecule has 26 heavy (non-hydrogen) atoms. The van der Waals surface area contributed by atoms with Gasteiger partial charge in [0.25, 0.3) is 0 Å². The number of anilines is 1. The second-order valence-corrected chi connectivity index (χ2v) is 7.79. The number of rotatable bonds is 7. The summed E-state index contributed by atoms with van der Waals surface area (Å²) in [4.78, 5) is 42.9. The molecule has 0 aromatic carbocycles. The summed E-state index contributed by atoms with van der Waals surface area (Å²) in [5, 5.41) is 15.0. The number of aryl methyl sites for hydroxylation is 2. The first kappa shape index (κ1) is 20.3. The number of aliphatic carboxylic acids is 1. The first-order chi connectivity index (χ1) is 12.3. The molecule has 3 N–H and O–H groups in total. The summed E-state index contributed by atoms with van der Waals surface area (Å²) in [7, 11) is 0. The van der Waals surface area contributed by atoms with E-state index in [1.54, 1.807) is 6.92 Å². The van der Waals surface area contributed by atoms with Gasteiger partial charge in [0.15, 0.2) is 5.13 Å². The van der Waals surface area contributed by atoms with Crippen LogP contribution in [0, 0.1) is 19.8 Å².